The molecule has 0 aromatic heterocycles. The Hall–Kier alpha value is -1.92. The van der Waals surface area contributed by atoms with Crippen molar-refractivity contribution >= 4 is 33.6 Å². The Morgan fingerprint density at radius 2 is 1.00 bits per heavy atom. The first-order chi connectivity index (χ1) is 9.83. The molecule has 2 aromatic carbocycles. The third-order valence-corrected chi connectivity index (χ3v) is 4.36. The van der Waals surface area contributed by atoms with Gasteiger partial charge in [-0.05, 0) is 24.3 Å². The molecule has 0 spiro atoms. The number of oxime groups is 2. The zero-order valence-corrected chi connectivity index (χ0v) is 12.0. The standard InChI is InChI=1S/C14H12N2O2S2/c17-15-13(19-11-7-3-1-4-8-11)14(16-18)20-12-9-5-2-6-10-12/h1-10,17-18H/b15-13+,16-14+. The summed E-state index contributed by atoms with van der Waals surface area (Å²) in [5.74, 6) is 0. The van der Waals surface area contributed by atoms with E-state index in [0.717, 1.165) is 9.79 Å². The van der Waals surface area contributed by atoms with Crippen LogP contribution in [0.5, 0.6) is 0 Å². The highest BCUT2D eigenvalue weighted by atomic mass is 32.2. The first-order valence-corrected chi connectivity index (χ1v) is 7.37. The number of rotatable bonds is 2. The third kappa shape index (κ3) is 4.04. The van der Waals surface area contributed by atoms with E-state index < -0.39 is 0 Å². The van der Waals surface area contributed by atoms with Gasteiger partial charge in [0.1, 0.15) is 0 Å². The molecule has 4 nitrogen and oxygen atoms in total. The van der Waals surface area contributed by atoms with E-state index in [9.17, 15) is 0 Å². The average Bonchev–Trinajstić information content (AvgIpc) is 2.52. The van der Waals surface area contributed by atoms with Crippen LogP contribution < -0.4 is 0 Å². The molecule has 0 bridgehead atoms. The maximum absolute atomic E-state index is 9.13. The van der Waals surface area contributed by atoms with E-state index in [0.29, 0.717) is 0 Å². The van der Waals surface area contributed by atoms with Crippen molar-refractivity contribution in [3.63, 3.8) is 0 Å². The highest BCUT2D eigenvalue weighted by molar-refractivity contribution is 8.25. The lowest BCUT2D eigenvalue weighted by Crippen LogP contribution is -2.06. The first-order valence-electron chi connectivity index (χ1n) is 5.74. The third-order valence-electron chi connectivity index (χ3n) is 2.28. The molecule has 0 aliphatic heterocycles. The van der Waals surface area contributed by atoms with Crippen LogP contribution in [0.2, 0.25) is 0 Å². The summed E-state index contributed by atoms with van der Waals surface area (Å²) in [6.07, 6.45) is 0. The van der Waals surface area contributed by atoms with Crippen LogP contribution in [0.3, 0.4) is 0 Å². The van der Waals surface area contributed by atoms with E-state index in [2.05, 4.69) is 10.3 Å². The molecule has 0 radical (unpaired) electrons. The summed E-state index contributed by atoms with van der Waals surface area (Å²) >= 11 is 2.46. The Morgan fingerprint density at radius 3 is 1.30 bits per heavy atom. The molecule has 2 N–H and O–H groups in total. The highest BCUT2D eigenvalue weighted by Gasteiger charge is 2.14. The average molecular weight is 304 g/mol. The second kappa shape index (κ2) is 7.62. The molecule has 0 unspecified atom stereocenters. The van der Waals surface area contributed by atoms with Gasteiger partial charge in [-0.3, -0.25) is 0 Å². The summed E-state index contributed by atoms with van der Waals surface area (Å²) in [4.78, 5) is 1.80. The Balaban J connectivity index is 2.13. The molecule has 2 rings (SSSR count). The number of nitrogens with zero attached hydrogens (tertiary/aromatic N) is 2. The van der Waals surface area contributed by atoms with Crippen molar-refractivity contribution in [3.05, 3.63) is 60.7 Å². The summed E-state index contributed by atoms with van der Waals surface area (Å²) in [6.45, 7) is 0. The van der Waals surface area contributed by atoms with Crippen LogP contribution in [-0.4, -0.2) is 20.5 Å². The Labute approximate surface area is 125 Å². The van der Waals surface area contributed by atoms with Crippen LogP contribution in [-0.2, 0) is 0 Å². The molecule has 0 heterocycles. The van der Waals surface area contributed by atoms with Crippen LogP contribution in [0, 0.1) is 0 Å². The van der Waals surface area contributed by atoms with Crippen LogP contribution >= 0.6 is 23.5 Å². The fourth-order valence-electron chi connectivity index (χ4n) is 1.41. The van der Waals surface area contributed by atoms with Crippen molar-refractivity contribution in [2.75, 3.05) is 0 Å². The first kappa shape index (κ1) is 14.5. The predicted octanol–water partition coefficient (Wildman–Crippen LogP) is 4.15. The smallest absolute Gasteiger partial charge is 0.176 e. The molecule has 0 saturated heterocycles. The van der Waals surface area contributed by atoms with Gasteiger partial charge < -0.3 is 10.4 Å². The monoisotopic (exact) mass is 304 g/mol. The van der Waals surface area contributed by atoms with Gasteiger partial charge in [-0.1, -0.05) is 70.2 Å². The summed E-state index contributed by atoms with van der Waals surface area (Å²) in [5.41, 5.74) is 0. The molecule has 0 atom stereocenters. The van der Waals surface area contributed by atoms with Gasteiger partial charge in [-0.25, -0.2) is 0 Å². The minimum absolute atomic E-state index is 0.243. The summed E-state index contributed by atoms with van der Waals surface area (Å²) in [6, 6.07) is 18.9. The Kier molecular flexibility index (Phi) is 5.52. The molecule has 0 amide bonds. The Morgan fingerprint density at radius 1 is 0.650 bits per heavy atom. The van der Waals surface area contributed by atoms with Crippen LogP contribution in [0.25, 0.3) is 0 Å². The van der Waals surface area contributed by atoms with E-state index in [1.807, 2.05) is 60.7 Å². The quantitative estimate of drug-likeness (QED) is 0.288. The Bertz CT molecular complexity index is 546. The number of thioether (sulfide) groups is 2. The molecule has 20 heavy (non-hydrogen) atoms. The second-order valence-corrected chi connectivity index (χ2v) is 5.76. The SMILES string of the molecule is O/N=C(Sc1ccccc1)\C(=N/O)Sc1ccccc1. The number of hydrogen-bond donors (Lipinski definition) is 2. The van der Waals surface area contributed by atoms with Gasteiger partial charge in [0, 0.05) is 9.79 Å². The fourth-order valence-corrected chi connectivity index (χ4v) is 3.03. The molecule has 0 saturated carbocycles. The largest absolute Gasteiger partial charge is 0.410 e. The summed E-state index contributed by atoms with van der Waals surface area (Å²) < 4.78 is 0. The molecule has 6 heteroatoms. The molecular formula is C14H12N2O2S2. The minimum Gasteiger partial charge on any atom is -0.410 e. The maximum Gasteiger partial charge on any atom is 0.176 e. The van der Waals surface area contributed by atoms with Crippen molar-refractivity contribution in [1.29, 1.82) is 0 Å². The van der Waals surface area contributed by atoms with E-state index in [1.54, 1.807) is 0 Å². The van der Waals surface area contributed by atoms with E-state index in [1.165, 1.54) is 23.5 Å². The summed E-state index contributed by atoms with van der Waals surface area (Å²) in [7, 11) is 0. The van der Waals surface area contributed by atoms with Gasteiger partial charge in [0.25, 0.3) is 0 Å². The zero-order chi connectivity index (χ0) is 14.2. The molecule has 2 aromatic rings. The van der Waals surface area contributed by atoms with Gasteiger partial charge >= 0.3 is 0 Å². The zero-order valence-electron chi connectivity index (χ0n) is 10.4. The van der Waals surface area contributed by atoms with Crippen LogP contribution in [0.15, 0.2) is 80.8 Å². The van der Waals surface area contributed by atoms with Gasteiger partial charge in [-0.15, -0.1) is 0 Å². The molecule has 0 aliphatic carbocycles. The van der Waals surface area contributed by atoms with Crippen LogP contribution in [0.4, 0.5) is 0 Å². The van der Waals surface area contributed by atoms with Crippen molar-refractivity contribution in [2.24, 2.45) is 10.3 Å². The van der Waals surface area contributed by atoms with Crippen molar-refractivity contribution in [3.8, 4) is 0 Å². The van der Waals surface area contributed by atoms with E-state index in [4.69, 9.17) is 10.4 Å². The highest BCUT2D eigenvalue weighted by Crippen LogP contribution is 2.27. The van der Waals surface area contributed by atoms with Crippen molar-refractivity contribution < 1.29 is 10.4 Å². The van der Waals surface area contributed by atoms with Gasteiger partial charge in [0.15, 0.2) is 10.1 Å². The predicted molar refractivity (Wildman–Crippen MR) is 83.0 cm³/mol. The normalized spacial score (nSPS) is 12.4. The minimum atomic E-state index is 0.243. The molecule has 0 fully saturated rings. The lowest BCUT2D eigenvalue weighted by molar-refractivity contribution is 0.316. The van der Waals surface area contributed by atoms with Gasteiger partial charge in [0.2, 0.25) is 0 Å². The van der Waals surface area contributed by atoms with E-state index in [-0.39, 0.29) is 10.1 Å². The van der Waals surface area contributed by atoms with Crippen molar-refractivity contribution in [1.82, 2.24) is 0 Å². The lowest BCUT2D eigenvalue weighted by atomic mass is 10.4. The molecule has 0 aliphatic rings. The number of hydrogen-bond acceptors (Lipinski definition) is 6. The maximum atomic E-state index is 9.13. The van der Waals surface area contributed by atoms with Crippen molar-refractivity contribution in [2.45, 2.75) is 9.79 Å². The molecular weight excluding hydrogens is 292 g/mol. The summed E-state index contributed by atoms with van der Waals surface area (Å²) in [5, 5.41) is 25.2. The molecule has 102 valence electrons. The topological polar surface area (TPSA) is 65.2 Å². The van der Waals surface area contributed by atoms with Crippen LogP contribution in [0.1, 0.15) is 0 Å². The van der Waals surface area contributed by atoms with Gasteiger partial charge in [0.05, 0.1) is 0 Å². The van der Waals surface area contributed by atoms with Gasteiger partial charge in [-0.2, -0.15) is 0 Å². The lowest BCUT2D eigenvalue weighted by Gasteiger charge is -2.06. The second-order valence-electron chi connectivity index (χ2n) is 3.64. The number of benzene rings is 2. The van der Waals surface area contributed by atoms with E-state index >= 15 is 0 Å². The fraction of sp³-hybridized carbons (Fsp3) is 0.